The third kappa shape index (κ3) is 3.32. The molecular formula is C16H25N. The summed E-state index contributed by atoms with van der Waals surface area (Å²) in [4.78, 5) is 0. The van der Waals surface area contributed by atoms with E-state index in [4.69, 9.17) is 0 Å². The highest BCUT2D eigenvalue weighted by Crippen LogP contribution is 2.22. The monoisotopic (exact) mass is 231 g/mol. The van der Waals surface area contributed by atoms with Gasteiger partial charge in [0.1, 0.15) is 0 Å². The van der Waals surface area contributed by atoms with Crippen molar-refractivity contribution in [3.05, 3.63) is 34.9 Å². The Morgan fingerprint density at radius 2 is 2.18 bits per heavy atom. The second-order valence-electron chi connectivity index (χ2n) is 5.74. The maximum Gasteiger partial charge on any atom is -0.00199 e. The predicted molar refractivity (Wildman–Crippen MR) is 74.6 cm³/mol. The molecular weight excluding hydrogens is 206 g/mol. The molecule has 2 rings (SSSR count). The van der Waals surface area contributed by atoms with Gasteiger partial charge in [-0.25, -0.2) is 0 Å². The normalized spacial score (nSPS) is 20.1. The first-order valence-electron chi connectivity index (χ1n) is 6.97. The van der Waals surface area contributed by atoms with E-state index in [9.17, 15) is 0 Å². The van der Waals surface area contributed by atoms with Crippen molar-refractivity contribution in [1.29, 1.82) is 0 Å². The van der Waals surface area contributed by atoms with Gasteiger partial charge in [-0.1, -0.05) is 32.0 Å². The van der Waals surface area contributed by atoms with Gasteiger partial charge in [-0.3, -0.25) is 0 Å². The van der Waals surface area contributed by atoms with E-state index in [1.165, 1.54) is 43.5 Å². The zero-order valence-corrected chi connectivity index (χ0v) is 11.4. The molecule has 1 heteroatoms. The van der Waals surface area contributed by atoms with Gasteiger partial charge in [0, 0.05) is 0 Å². The maximum absolute atomic E-state index is 3.45. The van der Waals surface area contributed by atoms with Crippen molar-refractivity contribution in [1.82, 2.24) is 5.32 Å². The van der Waals surface area contributed by atoms with E-state index in [-0.39, 0.29) is 0 Å². The van der Waals surface area contributed by atoms with Crippen LogP contribution in [0.3, 0.4) is 0 Å². The fourth-order valence-electron chi connectivity index (χ4n) is 2.64. The average molecular weight is 231 g/mol. The summed E-state index contributed by atoms with van der Waals surface area (Å²) in [6, 6.07) is 6.99. The molecule has 0 spiro atoms. The summed E-state index contributed by atoms with van der Waals surface area (Å²) in [5, 5.41) is 3.45. The molecule has 1 N–H and O–H groups in total. The van der Waals surface area contributed by atoms with Crippen molar-refractivity contribution in [2.24, 2.45) is 5.92 Å². The van der Waals surface area contributed by atoms with Gasteiger partial charge < -0.3 is 5.32 Å². The second kappa shape index (κ2) is 5.68. The molecule has 1 fully saturated rings. The highest BCUT2D eigenvalue weighted by molar-refractivity contribution is 5.32. The highest BCUT2D eigenvalue weighted by atomic mass is 14.9. The molecule has 1 unspecified atom stereocenters. The first-order valence-corrected chi connectivity index (χ1v) is 6.97. The molecule has 0 aromatic heterocycles. The fourth-order valence-corrected chi connectivity index (χ4v) is 2.64. The predicted octanol–water partition coefficient (Wildman–Crippen LogP) is 3.66. The van der Waals surface area contributed by atoms with Gasteiger partial charge in [0.2, 0.25) is 0 Å². The Morgan fingerprint density at radius 3 is 2.82 bits per heavy atom. The van der Waals surface area contributed by atoms with Gasteiger partial charge in [0.25, 0.3) is 0 Å². The van der Waals surface area contributed by atoms with Crippen LogP contribution in [0.2, 0.25) is 0 Å². The molecule has 1 atom stereocenters. The number of hydrogen-bond donors (Lipinski definition) is 1. The summed E-state index contributed by atoms with van der Waals surface area (Å²) < 4.78 is 0. The van der Waals surface area contributed by atoms with Crippen LogP contribution >= 0.6 is 0 Å². The van der Waals surface area contributed by atoms with Crippen LogP contribution in [0.15, 0.2) is 18.2 Å². The topological polar surface area (TPSA) is 12.0 Å². The standard InChI is InChI=1S/C16H25N/c1-12(2)15-6-4-13(3)16(10-15)7-5-14-8-9-17-11-14/h4,6,10,12,14,17H,5,7-9,11H2,1-3H3. The number of hydrogen-bond acceptors (Lipinski definition) is 1. The average Bonchev–Trinajstić information content (AvgIpc) is 2.80. The van der Waals surface area contributed by atoms with Crippen molar-refractivity contribution in [3.8, 4) is 0 Å². The molecule has 94 valence electrons. The zero-order chi connectivity index (χ0) is 12.3. The highest BCUT2D eigenvalue weighted by Gasteiger charge is 2.14. The van der Waals surface area contributed by atoms with E-state index >= 15 is 0 Å². The minimum atomic E-state index is 0.641. The molecule has 0 aliphatic carbocycles. The summed E-state index contributed by atoms with van der Waals surface area (Å²) in [6.07, 6.45) is 3.96. The van der Waals surface area contributed by atoms with E-state index < -0.39 is 0 Å². The largest absolute Gasteiger partial charge is 0.316 e. The van der Waals surface area contributed by atoms with Crippen LogP contribution in [0.1, 0.15) is 49.3 Å². The van der Waals surface area contributed by atoms with Crippen molar-refractivity contribution >= 4 is 0 Å². The van der Waals surface area contributed by atoms with Crippen LogP contribution < -0.4 is 5.32 Å². The molecule has 1 saturated heterocycles. The molecule has 1 aromatic rings. The number of aryl methyl sites for hydroxylation is 2. The van der Waals surface area contributed by atoms with Crippen LogP contribution in [-0.2, 0) is 6.42 Å². The van der Waals surface area contributed by atoms with Crippen molar-refractivity contribution in [2.75, 3.05) is 13.1 Å². The van der Waals surface area contributed by atoms with E-state index in [0.29, 0.717) is 5.92 Å². The van der Waals surface area contributed by atoms with Crippen molar-refractivity contribution in [3.63, 3.8) is 0 Å². The van der Waals surface area contributed by atoms with E-state index in [2.05, 4.69) is 44.3 Å². The van der Waals surface area contributed by atoms with Crippen LogP contribution in [-0.4, -0.2) is 13.1 Å². The lowest BCUT2D eigenvalue weighted by Crippen LogP contribution is -2.09. The number of benzene rings is 1. The Hall–Kier alpha value is -0.820. The summed E-state index contributed by atoms with van der Waals surface area (Å²) in [5.41, 5.74) is 4.50. The maximum atomic E-state index is 3.45. The number of rotatable bonds is 4. The van der Waals surface area contributed by atoms with Crippen molar-refractivity contribution < 1.29 is 0 Å². The summed E-state index contributed by atoms with van der Waals surface area (Å²) in [7, 11) is 0. The molecule has 0 amide bonds. The Labute approximate surface area is 106 Å². The van der Waals surface area contributed by atoms with E-state index in [1.807, 2.05) is 0 Å². The molecule has 1 aliphatic heterocycles. The van der Waals surface area contributed by atoms with Crippen LogP contribution in [0.5, 0.6) is 0 Å². The fraction of sp³-hybridized carbons (Fsp3) is 0.625. The Balaban J connectivity index is 2.00. The van der Waals surface area contributed by atoms with Crippen LogP contribution in [0, 0.1) is 12.8 Å². The molecule has 1 nitrogen and oxygen atoms in total. The lowest BCUT2D eigenvalue weighted by atomic mass is 9.92. The first-order chi connectivity index (χ1) is 8.16. The molecule has 0 saturated carbocycles. The van der Waals surface area contributed by atoms with Crippen LogP contribution in [0.25, 0.3) is 0 Å². The van der Waals surface area contributed by atoms with Crippen LogP contribution in [0.4, 0.5) is 0 Å². The Kier molecular flexibility index (Phi) is 4.22. The molecule has 17 heavy (non-hydrogen) atoms. The number of nitrogens with one attached hydrogen (secondary N) is 1. The Morgan fingerprint density at radius 1 is 1.35 bits per heavy atom. The quantitative estimate of drug-likeness (QED) is 0.834. The Bertz CT molecular complexity index is 362. The third-order valence-corrected chi connectivity index (χ3v) is 4.02. The van der Waals surface area contributed by atoms with E-state index in [1.54, 1.807) is 5.56 Å². The summed E-state index contributed by atoms with van der Waals surface area (Å²) >= 11 is 0. The minimum absolute atomic E-state index is 0.641. The first kappa shape index (κ1) is 12.6. The molecule has 0 radical (unpaired) electrons. The summed E-state index contributed by atoms with van der Waals surface area (Å²) in [6.45, 7) is 9.23. The smallest absolute Gasteiger partial charge is 0.00199 e. The van der Waals surface area contributed by atoms with Gasteiger partial charge in [0.05, 0.1) is 0 Å². The molecule has 1 aliphatic rings. The van der Waals surface area contributed by atoms with Gasteiger partial charge in [-0.2, -0.15) is 0 Å². The van der Waals surface area contributed by atoms with Gasteiger partial charge in [-0.05, 0) is 67.8 Å². The van der Waals surface area contributed by atoms with Gasteiger partial charge in [-0.15, -0.1) is 0 Å². The summed E-state index contributed by atoms with van der Waals surface area (Å²) in [5.74, 6) is 1.54. The molecule has 1 heterocycles. The molecule has 1 aromatic carbocycles. The zero-order valence-electron chi connectivity index (χ0n) is 11.4. The SMILES string of the molecule is Cc1ccc(C(C)C)cc1CCC1CCNC1. The van der Waals surface area contributed by atoms with Gasteiger partial charge in [0.15, 0.2) is 0 Å². The lowest BCUT2D eigenvalue weighted by Gasteiger charge is -2.13. The lowest BCUT2D eigenvalue weighted by molar-refractivity contribution is 0.532. The third-order valence-electron chi connectivity index (χ3n) is 4.02. The van der Waals surface area contributed by atoms with E-state index in [0.717, 1.165) is 5.92 Å². The second-order valence-corrected chi connectivity index (χ2v) is 5.74. The van der Waals surface area contributed by atoms with Crippen molar-refractivity contribution in [2.45, 2.75) is 46.0 Å². The minimum Gasteiger partial charge on any atom is -0.316 e. The van der Waals surface area contributed by atoms with Gasteiger partial charge >= 0.3 is 0 Å². The molecule has 0 bridgehead atoms.